The SMILES string of the molecule is CCOc1ccc2cc(/C=N/O)c(Cl)nc2c1. The van der Waals surface area contributed by atoms with Crippen LogP contribution in [0.15, 0.2) is 29.4 Å². The van der Waals surface area contributed by atoms with E-state index in [0.717, 1.165) is 16.7 Å². The first-order valence-corrected chi connectivity index (χ1v) is 5.53. The Morgan fingerprint density at radius 2 is 2.29 bits per heavy atom. The van der Waals surface area contributed by atoms with Crippen LogP contribution in [0.5, 0.6) is 5.75 Å². The molecule has 0 atom stereocenters. The zero-order valence-corrected chi connectivity index (χ0v) is 9.98. The van der Waals surface area contributed by atoms with Crippen LogP contribution >= 0.6 is 11.6 Å². The first-order chi connectivity index (χ1) is 8.24. The number of rotatable bonds is 3. The number of aromatic nitrogens is 1. The first kappa shape index (κ1) is 11.7. The summed E-state index contributed by atoms with van der Waals surface area (Å²) in [6, 6.07) is 7.38. The Kier molecular flexibility index (Phi) is 3.44. The van der Waals surface area contributed by atoms with E-state index >= 15 is 0 Å². The van der Waals surface area contributed by atoms with E-state index < -0.39 is 0 Å². The fraction of sp³-hybridized carbons (Fsp3) is 0.167. The van der Waals surface area contributed by atoms with Gasteiger partial charge in [0.2, 0.25) is 0 Å². The second-order valence-corrected chi connectivity index (χ2v) is 3.76. The molecular weight excluding hydrogens is 240 g/mol. The molecule has 88 valence electrons. The summed E-state index contributed by atoms with van der Waals surface area (Å²) in [7, 11) is 0. The summed E-state index contributed by atoms with van der Waals surface area (Å²) in [4.78, 5) is 4.22. The number of benzene rings is 1. The van der Waals surface area contributed by atoms with Crippen LogP contribution in [0.25, 0.3) is 10.9 Å². The molecule has 1 aromatic heterocycles. The van der Waals surface area contributed by atoms with Crippen LogP contribution < -0.4 is 4.74 Å². The first-order valence-electron chi connectivity index (χ1n) is 5.15. The molecule has 4 nitrogen and oxygen atoms in total. The maximum absolute atomic E-state index is 8.49. The lowest BCUT2D eigenvalue weighted by molar-refractivity contribution is 0.322. The molecule has 0 spiro atoms. The Bertz CT molecular complexity index is 570. The van der Waals surface area contributed by atoms with Crippen LogP contribution in [0, 0.1) is 0 Å². The zero-order chi connectivity index (χ0) is 12.3. The molecule has 0 aliphatic rings. The van der Waals surface area contributed by atoms with E-state index in [-0.39, 0.29) is 0 Å². The van der Waals surface area contributed by atoms with Crippen LogP contribution in [0.3, 0.4) is 0 Å². The zero-order valence-electron chi connectivity index (χ0n) is 9.22. The molecular formula is C12H11ClN2O2. The molecule has 1 aromatic carbocycles. The summed E-state index contributed by atoms with van der Waals surface area (Å²) in [5.74, 6) is 0.757. The fourth-order valence-corrected chi connectivity index (χ4v) is 1.74. The summed E-state index contributed by atoms with van der Waals surface area (Å²) < 4.78 is 5.38. The van der Waals surface area contributed by atoms with E-state index in [1.165, 1.54) is 6.21 Å². The third kappa shape index (κ3) is 2.47. The minimum Gasteiger partial charge on any atom is -0.494 e. The van der Waals surface area contributed by atoms with Crippen molar-refractivity contribution in [2.75, 3.05) is 6.61 Å². The van der Waals surface area contributed by atoms with Crippen LogP contribution in [0.4, 0.5) is 0 Å². The molecule has 0 saturated carbocycles. The maximum atomic E-state index is 8.49. The monoisotopic (exact) mass is 250 g/mol. The van der Waals surface area contributed by atoms with Gasteiger partial charge in [-0.3, -0.25) is 0 Å². The number of hydrogen-bond acceptors (Lipinski definition) is 4. The van der Waals surface area contributed by atoms with Gasteiger partial charge in [-0.1, -0.05) is 16.8 Å². The van der Waals surface area contributed by atoms with Crippen molar-refractivity contribution in [3.05, 3.63) is 35.0 Å². The van der Waals surface area contributed by atoms with Crippen molar-refractivity contribution in [3.8, 4) is 5.75 Å². The molecule has 0 unspecified atom stereocenters. The topological polar surface area (TPSA) is 54.7 Å². The van der Waals surface area contributed by atoms with Gasteiger partial charge < -0.3 is 9.94 Å². The predicted octanol–water partition coefficient (Wildman–Crippen LogP) is 3.10. The van der Waals surface area contributed by atoms with Crippen molar-refractivity contribution in [2.24, 2.45) is 5.16 Å². The third-order valence-electron chi connectivity index (χ3n) is 2.28. The van der Waals surface area contributed by atoms with Gasteiger partial charge in [0, 0.05) is 17.0 Å². The Balaban J connectivity index is 2.53. The second kappa shape index (κ2) is 5.01. The van der Waals surface area contributed by atoms with Gasteiger partial charge in [0.25, 0.3) is 0 Å². The molecule has 2 aromatic rings. The van der Waals surface area contributed by atoms with Crippen LogP contribution in [0.2, 0.25) is 5.15 Å². The van der Waals surface area contributed by atoms with Crippen molar-refractivity contribution >= 4 is 28.7 Å². The van der Waals surface area contributed by atoms with Crippen LogP contribution in [-0.4, -0.2) is 23.0 Å². The average molecular weight is 251 g/mol. The lowest BCUT2D eigenvalue weighted by Gasteiger charge is -2.05. The highest BCUT2D eigenvalue weighted by molar-refractivity contribution is 6.32. The lowest BCUT2D eigenvalue weighted by Crippen LogP contribution is -1.93. The molecule has 0 aliphatic heterocycles. The third-order valence-corrected chi connectivity index (χ3v) is 2.58. The van der Waals surface area contributed by atoms with Gasteiger partial charge in [-0.25, -0.2) is 4.98 Å². The van der Waals surface area contributed by atoms with E-state index in [4.69, 9.17) is 21.5 Å². The lowest BCUT2D eigenvalue weighted by atomic mass is 10.1. The van der Waals surface area contributed by atoms with Gasteiger partial charge in [-0.15, -0.1) is 0 Å². The van der Waals surface area contributed by atoms with Gasteiger partial charge in [0.05, 0.1) is 18.3 Å². The molecule has 17 heavy (non-hydrogen) atoms. The van der Waals surface area contributed by atoms with E-state index in [1.54, 1.807) is 6.07 Å². The van der Waals surface area contributed by atoms with Gasteiger partial charge in [-0.2, -0.15) is 0 Å². The van der Waals surface area contributed by atoms with E-state index in [9.17, 15) is 0 Å². The highest BCUT2D eigenvalue weighted by atomic mass is 35.5. The Morgan fingerprint density at radius 1 is 1.47 bits per heavy atom. The normalized spacial score (nSPS) is 11.2. The molecule has 1 N–H and O–H groups in total. The summed E-state index contributed by atoms with van der Waals surface area (Å²) >= 11 is 5.96. The van der Waals surface area contributed by atoms with Crippen molar-refractivity contribution in [1.82, 2.24) is 4.98 Å². The number of ether oxygens (including phenoxy) is 1. The Hall–Kier alpha value is -1.81. The fourth-order valence-electron chi connectivity index (χ4n) is 1.55. The molecule has 0 bridgehead atoms. The van der Waals surface area contributed by atoms with E-state index in [0.29, 0.717) is 17.3 Å². The molecule has 0 saturated heterocycles. The molecule has 0 amide bonds. The average Bonchev–Trinajstić information content (AvgIpc) is 2.31. The molecule has 5 heteroatoms. The highest BCUT2D eigenvalue weighted by Gasteiger charge is 2.04. The van der Waals surface area contributed by atoms with Gasteiger partial charge >= 0.3 is 0 Å². The standard InChI is InChI=1S/C12H11ClN2O2/c1-2-17-10-4-3-8-5-9(7-14-16)12(13)15-11(8)6-10/h3-7,16H,2H2,1H3/b14-7+. The molecule has 0 aliphatic carbocycles. The number of hydrogen-bond donors (Lipinski definition) is 1. The van der Waals surface area contributed by atoms with Crippen LogP contribution in [-0.2, 0) is 0 Å². The van der Waals surface area contributed by atoms with Gasteiger partial charge in [-0.05, 0) is 25.1 Å². The number of oxime groups is 1. The summed E-state index contributed by atoms with van der Waals surface area (Å²) in [6.07, 6.45) is 1.26. The molecule has 0 fully saturated rings. The predicted molar refractivity (Wildman–Crippen MR) is 67.3 cm³/mol. The quantitative estimate of drug-likeness (QED) is 0.394. The minimum absolute atomic E-state index is 0.295. The second-order valence-electron chi connectivity index (χ2n) is 3.40. The number of fused-ring (bicyclic) bond motifs is 1. The Labute approximate surface area is 103 Å². The van der Waals surface area contributed by atoms with E-state index in [2.05, 4.69) is 10.1 Å². The summed E-state index contributed by atoms with van der Waals surface area (Å²) in [5.41, 5.74) is 1.32. The van der Waals surface area contributed by atoms with Crippen molar-refractivity contribution in [1.29, 1.82) is 0 Å². The number of halogens is 1. The van der Waals surface area contributed by atoms with Crippen molar-refractivity contribution in [3.63, 3.8) is 0 Å². The van der Waals surface area contributed by atoms with Gasteiger partial charge in [0.15, 0.2) is 0 Å². The van der Waals surface area contributed by atoms with Gasteiger partial charge in [0.1, 0.15) is 10.9 Å². The maximum Gasteiger partial charge on any atom is 0.138 e. The summed E-state index contributed by atoms with van der Waals surface area (Å²) in [5, 5.41) is 12.6. The molecule has 0 radical (unpaired) electrons. The number of pyridine rings is 1. The highest BCUT2D eigenvalue weighted by Crippen LogP contribution is 2.23. The van der Waals surface area contributed by atoms with Crippen molar-refractivity contribution in [2.45, 2.75) is 6.92 Å². The number of nitrogens with zero attached hydrogens (tertiary/aromatic N) is 2. The summed E-state index contributed by atoms with van der Waals surface area (Å²) in [6.45, 7) is 2.53. The largest absolute Gasteiger partial charge is 0.494 e. The van der Waals surface area contributed by atoms with Crippen LogP contribution in [0.1, 0.15) is 12.5 Å². The Morgan fingerprint density at radius 3 is 3.00 bits per heavy atom. The van der Waals surface area contributed by atoms with Crippen molar-refractivity contribution < 1.29 is 9.94 Å². The smallest absolute Gasteiger partial charge is 0.138 e. The minimum atomic E-state index is 0.295. The molecule has 2 rings (SSSR count). The molecule has 1 heterocycles. The van der Waals surface area contributed by atoms with E-state index in [1.807, 2.05) is 25.1 Å².